The van der Waals surface area contributed by atoms with E-state index in [1.807, 2.05) is 36.4 Å². The summed E-state index contributed by atoms with van der Waals surface area (Å²) in [6, 6.07) is 15.7. The van der Waals surface area contributed by atoms with Gasteiger partial charge in [0, 0.05) is 33.6 Å². The van der Waals surface area contributed by atoms with Gasteiger partial charge in [0.25, 0.3) is 5.91 Å². The van der Waals surface area contributed by atoms with Crippen LogP contribution in [0.2, 0.25) is 0 Å². The van der Waals surface area contributed by atoms with Crippen LogP contribution in [0.4, 0.5) is 11.4 Å². The summed E-state index contributed by atoms with van der Waals surface area (Å²) in [7, 11) is 0. The predicted molar refractivity (Wildman–Crippen MR) is 99.6 cm³/mol. The van der Waals surface area contributed by atoms with Crippen LogP contribution < -0.4 is 10.2 Å². The van der Waals surface area contributed by atoms with Crippen molar-refractivity contribution in [1.29, 1.82) is 0 Å². The van der Waals surface area contributed by atoms with Gasteiger partial charge in [-0.3, -0.25) is 4.79 Å². The molecule has 1 aliphatic heterocycles. The van der Waals surface area contributed by atoms with Crippen LogP contribution in [-0.4, -0.2) is 19.0 Å². The highest BCUT2D eigenvalue weighted by Crippen LogP contribution is 2.22. The lowest BCUT2D eigenvalue weighted by Gasteiger charge is -2.28. The Morgan fingerprint density at radius 2 is 1.55 bits per heavy atom. The third kappa shape index (κ3) is 3.80. The van der Waals surface area contributed by atoms with Crippen LogP contribution in [0.15, 0.2) is 48.5 Å². The number of carbonyl (C=O) groups excluding carboxylic acids is 1. The molecule has 0 saturated carbocycles. The number of nitrogens with zero attached hydrogens (tertiary/aromatic N) is 1. The molecule has 1 N–H and O–H groups in total. The Balaban J connectivity index is 1.65. The Hall–Kier alpha value is -1.56. The van der Waals surface area contributed by atoms with Crippen molar-refractivity contribution in [3.8, 4) is 0 Å². The van der Waals surface area contributed by atoms with Crippen LogP contribution in [0.3, 0.4) is 0 Å². The minimum atomic E-state index is -0.0675. The SMILES string of the molecule is O=C(Nc1ccc(N2CCCCC2)cc1)c1ccc(I)cc1. The van der Waals surface area contributed by atoms with E-state index in [1.165, 1.54) is 24.9 Å². The van der Waals surface area contributed by atoms with E-state index >= 15 is 0 Å². The van der Waals surface area contributed by atoms with Gasteiger partial charge in [-0.25, -0.2) is 0 Å². The minimum absolute atomic E-state index is 0.0675. The molecule has 0 bridgehead atoms. The van der Waals surface area contributed by atoms with Gasteiger partial charge in [-0.1, -0.05) is 0 Å². The number of benzene rings is 2. The quantitative estimate of drug-likeness (QED) is 0.760. The van der Waals surface area contributed by atoms with Crippen molar-refractivity contribution in [2.75, 3.05) is 23.3 Å². The van der Waals surface area contributed by atoms with Gasteiger partial charge in [-0.05, 0) is 90.4 Å². The average molecular weight is 406 g/mol. The molecule has 1 heterocycles. The van der Waals surface area contributed by atoms with Crippen LogP contribution in [-0.2, 0) is 0 Å². The molecule has 4 heteroatoms. The second-order valence-corrected chi connectivity index (χ2v) is 6.80. The fourth-order valence-corrected chi connectivity index (χ4v) is 3.07. The molecular weight excluding hydrogens is 387 g/mol. The highest BCUT2D eigenvalue weighted by Gasteiger charge is 2.11. The molecule has 0 aliphatic carbocycles. The van der Waals surface area contributed by atoms with Crippen molar-refractivity contribution >= 4 is 39.9 Å². The van der Waals surface area contributed by atoms with E-state index in [0.717, 1.165) is 22.3 Å². The molecule has 0 radical (unpaired) electrons. The third-order valence-electron chi connectivity index (χ3n) is 3.95. The highest BCUT2D eigenvalue weighted by molar-refractivity contribution is 14.1. The Bertz CT molecular complexity index is 631. The molecule has 1 amide bonds. The zero-order chi connectivity index (χ0) is 15.4. The molecule has 3 rings (SSSR count). The number of piperidine rings is 1. The Labute approximate surface area is 144 Å². The third-order valence-corrected chi connectivity index (χ3v) is 4.67. The van der Waals surface area contributed by atoms with Crippen molar-refractivity contribution in [2.45, 2.75) is 19.3 Å². The smallest absolute Gasteiger partial charge is 0.255 e. The molecule has 2 aromatic carbocycles. The van der Waals surface area contributed by atoms with E-state index in [0.29, 0.717) is 5.56 Å². The van der Waals surface area contributed by atoms with Gasteiger partial charge in [-0.2, -0.15) is 0 Å². The first-order valence-electron chi connectivity index (χ1n) is 7.64. The summed E-state index contributed by atoms with van der Waals surface area (Å²) in [5.41, 5.74) is 2.76. The van der Waals surface area contributed by atoms with Gasteiger partial charge in [0.2, 0.25) is 0 Å². The monoisotopic (exact) mass is 406 g/mol. The van der Waals surface area contributed by atoms with Crippen LogP contribution in [0, 0.1) is 3.57 Å². The zero-order valence-corrected chi connectivity index (χ0v) is 14.5. The fraction of sp³-hybridized carbons (Fsp3) is 0.278. The van der Waals surface area contributed by atoms with Crippen molar-refractivity contribution in [3.63, 3.8) is 0 Å². The molecule has 22 heavy (non-hydrogen) atoms. The molecule has 1 saturated heterocycles. The molecular formula is C18H19IN2O. The lowest BCUT2D eigenvalue weighted by molar-refractivity contribution is 0.102. The second-order valence-electron chi connectivity index (χ2n) is 5.56. The first-order chi connectivity index (χ1) is 10.7. The maximum absolute atomic E-state index is 12.2. The van der Waals surface area contributed by atoms with E-state index in [1.54, 1.807) is 0 Å². The number of nitrogens with one attached hydrogen (secondary N) is 1. The molecule has 0 aromatic heterocycles. The number of hydrogen-bond acceptors (Lipinski definition) is 2. The molecule has 0 unspecified atom stereocenters. The Morgan fingerprint density at radius 3 is 2.18 bits per heavy atom. The molecule has 114 valence electrons. The van der Waals surface area contributed by atoms with Gasteiger partial charge in [0.15, 0.2) is 0 Å². The molecule has 0 atom stereocenters. The predicted octanol–water partition coefficient (Wildman–Crippen LogP) is 4.53. The maximum Gasteiger partial charge on any atom is 0.255 e. The minimum Gasteiger partial charge on any atom is -0.372 e. The summed E-state index contributed by atoms with van der Waals surface area (Å²) in [5, 5.41) is 2.95. The summed E-state index contributed by atoms with van der Waals surface area (Å²) < 4.78 is 1.13. The summed E-state index contributed by atoms with van der Waals surface area (Å²) in [5.74, 6) is -0.0675. The van der Waals surface area contributed by atoms with E-state index in [9.17, 15) is 4.79 Å². The second kappa shape index (κ2) is 7.13. The molecule has 1 aliphatic rings. The fourth-order valence-electron chi connectivity index (χ4n) is 2.71. The number of rotatable bonds is 3. The first-order valence-corrected chi connectivity index (χ1v) is 8.72. The highest BCUT2D eigenvalue weighted by atomic mass is 127. The Morgan fingerprint density at radius 1 is 0.909 bits per heavy atom. The standard InChI is InChI=1S/C18H19IN2O/c19-15-6-4-14(5-7-15)18(22)20-16-8-10-17(11-9-16)21-12-2-1-3-13-21/h4-11H,1-3,12-13H2,(H,20,22). The van der Waals surface area contributed by atoms with Crippen molar-refractivity contribution in [2.24, 2.45) is 0 Å². The molecule has 2 aromatic rings. The van der Waals surface area contributed by atoms with Gasteiger partial charge in [0.05, 0.1) is 0 Å². The van der Waals surface area contributed by atoms with Crippen LogP contribution in [0.5, 0.6) is 0 Å². The van der Waals surface area contributed by atoms with Crippen LogP contribution in [0.25, 0.3) is 0 Å². The lowest BCUT2D eigenvalue weighted by Crippen LogP contribution is -2.29. The number of hydrogen-bond donors (Lipinski definition) is 1. The number of amides is 1. The number of anilines is 2. The lowest BCUT2D eigenvalue weighted by atomic mass is 10.1. The normalized spacial score (nSPS) is 14.7. The van der Waals surface area contributed by atoms with Crippen molar-refractivity contribution in [1.82, 2.24) is 0 Å². The van der Waals surface area contributed by atoms with E-state index < -0.39 is 0 Å². The van der Waals surface area contributed by atoms with Crippen molar-refractivity contribution in [3.05, 3.63) is 57.7 Å². The summed E-state index contributed by atoms with van der Waals surface area (Å²) in [6.07, 6.45) is 3.87. The van der Waals surface area contributed by atoms with Gasteiger partial charge < -0.3 is 10.2 Å². The van der Waals surface area contributed by atoms with E-state index in [-0.39, 0.29) is 5.91 Å². The number of halogens is 1. The van der Waals surface area contributed by atoms with E-state index in [4.69, 9.17) is 0 Å². The van der Waals surface area contributed by atoms with E-state index in [2.05, 4.69) is 44.9 Å². The summed E-state index contributed by atoms with van der Waals surface area (Å²) >= 11 is 2.23. The average Bonchev–Trinajstić information content (AvgIpc) is 2.57. The zero-order valence-electron chi connectivity index (χ0n) is 12.4. The van der Waals surface area contributed by atoms with Crippen molar-refractivity contribution < 1.29 is 4.79 Å². The molecule has 3 nitrogen and oxygen atoms in total. The molecule has 1 fully saturated rings. The van der Waals surface area contributed by atoms with Crippen LogP contribution >= 0.6 is 22.6 Å². The first kappa shape index (κ1) is 15.3. The topological polar surface area (TPSA) is 32.3 Å². The number of carbonyl (C=O) groups is 1. The van der Waals surface area contributed by atoms with Gasteiger partial charge in [-0.15, -0.1) is 0 Å². The van der Waals surface area contributed by atoms with Gasteiger partial charge >= 0.3 is 0 Å². The summed E-state index contributed by atoms with van der Waals surface area (Å²) in [4.78, 5) is 14.6. The largest absolute Gasteiger partial charge is 0.372 e. The maximum atomic E-state index is 12.2. The molecule has 0 spiro atoms. The summed E-state index contributed by atoms with van der Waals surface area (Å²) in [6.45, 7) is 2.27. The van der Waals surface area contributed by atoms with Crippen LogP contribution in [0.1, 0.15) is 29.6 Å². The Kier molecular flexibility index (Phi) is 4.97. The van der Waals surface area contributed by atoms with Gasteiger partial charge in [0.1, 0.15) is 0 Å².